The van der Waals surface area contributed by atoms with Gasteiger partial charge in [-0.05, 0) is 68.4 Å². The van der Waals surface area contributed by atoms with Crippen molar-refractivity contribution >= 4 is 17.3 Å². The van der Waals surface area contributed by atoms with Crippen LogP contribution in [0, 0.1) is 23.2 Å². The number of nitrogens with zero attached hydrogens (tertiary/aromatic N) is 1. The van der Waals surface area contributed by atoms with E-state index in [1.165, 1.54) is 19.3 Å². The van der Waals surface area contributed by atoms with Crippen molar-refractivity contribution in [1.29, 1.82) is 0 Å². The van der Waals surface area contributed by atoms with Gasteiger partial charge in [0.2, 0.25) is 5.91 Å². The fourth-order valence-electron chi connectivity index (χ4n) is 6.30. The van der Waals surface area contributed by atoms with E-state index in [2.05, 4.69) is 28.4 Å². The third-order valence-electron chi connectivity index (χ3n) is 7.02. The van der Waals surface area contributed by atoms with Gasteiger partial charge >= 0.3 is 0 Å². The number of carbonyl (C=O) groups excluding carboxylic acids is 1. The number of benzene rings is 1. The summed E-state index contributed by atoms with van der Waals surface area (Å²) >= 11 is 0. The van der Waals surface area contributed by atoms with Crippen molar-refractivity contribution in [3.8, 4) is 0 Å². The Morgan fingerprint density at radius 3 is 2.24 bits per heavy atom. The van der Waals surface area contributed by atoms with Crippen molar-refractivity contribution in [3.63, 3.8) is 0 Å². The highest BCUT2D eigenvalue weighted by Gasteiger charge is 2.54. The first-order chi connectivity index (χ1) is 12.2. The lowest BCUT2D eigenvalue weighted by molar-refractivity contribution is -0.140. The highest BCUT2D eigenvalue weighted by Crippen LogP contribution is 2.60. The molecule has 1 saturated heterocycles. The molecular weight excluding hydrogens is 312 g/mol. The Balaban J connectivity index is 1.38. The SMILES string of the molecule is O=C(Nc1ccccc1N1CCOCC1)C12CC3CC(CC(C3)C1)C2. The van der Waals surface area contributed by atoms with E-state index >= 15 is 0 Å². The molecule has 0 unspecified atom stereocenters. The third kappa shape index (κ3) is 2.75. The lowest BCUT2D eigenvalue weighted by atomic mass is 9.49. The number of rotatable bonds is 3. The van der Waals surface area contributed by atoms with Crippen LogP contribution in [0.15, 0.2) is 24.3 Å². The van der Waals surface area contributed by atoms with Crippen LogP contribution in [0.4, 0.5) is 11.4 Å². The predicted molar refractivity (Wildman–Crippen MR) is 98.7 cm³/mol. The molecule has 1 amide bonds. The van der Waals surface area contributed by atoms with E-state index < -0.39 is 0 Å². The van der Waals surface area contributed by atoms with Crippen LogP contribution in [0.1, 0.15) is 38.5 Å². The summed E-state index contributed by atoms with van der Waals surface area (Å²) in [5, 5.41) is 3.34. The van der Waals surface area contributed by atoms with Gasteiger partial charge in [0.05, 0.1) is 30.0 Å². The van der Waals surface area contributed by atoms with Crippen LogP contribution in [0.5, 0.6) is 0 Å². The number of morpholine rings is 1. The van der Waals surface area contributed by atoms with E-state index in [0.717, 1.165) is 74.7 Å². The van der Waals surface area contributed by atoms with Crippen LogP contribution in [0.3, 0.4) is 0 Å². The van der Waals surface area contributed by atoms with Crippen molar-refractivity contribution in [2.75, 3.05) is 36.5 Å². The molecule has 6 rings (SSSR count). The number of hydrogen-bond donors (Lipinski definition) is 1. The average molecular weight is 340 g/mol. The number of anilines is 2. The Kier molecular flexibility index (Phi) is 3.77. The number of amides is 1. The molecule has 1 N–H and O–H groups in total. The summed E-state index contributed by atoms with van der Waals surface area (Å²) in [4.78, 5) is 15.7. The average Bonchev–Trinajstić information content (AvgIpc) is 2.62. The second-order valence-electron chi connectivity index (χ2n) is 8.77. The number of ether oxygens (including phenoxy) is 1. The minimum Gasteiger partial charge on any atom is -0.378 e. The molecule has 5 aliphatic rings. The van der Waals surface area contributed by atoms with Crippen molar-refractivity contribution in [1.82, 2.24) is 0 Å². The standard InChI is InChI=1S/C21H28N2O2/c24-20(21-12-15-9-16(13-21)11-17(10-15)14-21)22-18-3-1-2-4-19(18)23-5-7-25-8-6-23/h1-4,15-17H,5-14H2,(H,22,24). The molecule has 0 radical (unpaired) electrons. The molecule has 4 heteroatoms. The fraction of sp³-hybridized carbons (Fsp3) is 0.667. The fourth-order valence-corrected chi connectivity index (χ4v) is 6.30. The minimum absolute atomic E-state index is 0.0904. The van der Waals surface area contributed by atoms with Gasteiger partial charge in [0.15, 0.2) is 0 Å². The zero-order valence-corrected chi connectivity index (χ0v) is 14.9. The smallest absolute Gasteiger partial charge is 0.230 e. The molecule has 0 spiro atoms. The molecule has 4 saturated carbocycles. The lowest BCUT2D eigenvalue weighted by Crippen LogP contribution is -2.51. The molecule has 5 fully saturated rings. The maximum absolute atomic E-state index is 13.3. The summed E-state index contributed by atoms with van der Waals surface area (Å²) in [7, 11) is 0. The molecule has 134 valence electrons. The molecule has 1 heterocycles. The second-order valence-corrected chi connectivity index (χ2v) is 8.77. The summed E-state index contributed by atoms with van der Waals surface area (Å²) < 4.78 is 5.48. The van der Waals surface area contributed by atoms with Crippen LogP contribution >= 0.6 is 0 Å². The number of carbonyl (C=O) groups is 1. The zero-order chi connectivity index (χ0) is 16.9. The van der Waals surface area contributed by atoms with Crippen molar-refractivity contribution in [2.24, 2.45) is 23.2 Å². The van der Waals surface area contributed by atoms with Gasteiger partial charge in [0.25, 0.3) is 0 Å². The van der Waals surface area contributed by atoms with E-state index in [1.807, 2.05) is 6.07 Å². The maximum atomic E-state index is 13.3. The van der Waals surface area contributed by atoms with Gasteiger partial charge in [0.1, 0.15) is 0 Å². The number of hydrogen-bond acceptors (Lipinski definition) is 3. The van der Waals surface area contributed by atoms with E-state index in [4.69, 9.17) is 4.74 Å². The Bertz CT molecular complexity index is 630. The van der Waals surface area contributed by atoms with Gasteiger partial charge in [-0.1, -0.05) is 12.1 Å². The Labute approximate surface area is 149 Å². The molecule has 1 aromatic rings. The van der Waals surface area contributed by atoms with Gasteiger partial charge in [-0.15, -0.1) is 0 Å². The monoisotopic (exact) mass is 340 g/mol. The normalized spacial score (nSPS) is 36.5. The Hall–Kier alpha value is -1.55. The Morgan fingerprint density at radius 2 is 1.60 bits per heavy atom. The maximum Gasteiger partial charge on any atom is 0.230 e. The number of nitrogens with one attached hydrogen (secondary N) is 1. The first kappa shape index (κ1) is 15.7. The zero-order valence-electron chi connectivity index (χ0n) is 14.9. The lowest BCUT2D eigenvalue weighted by Gasteiger charge is -2.55. The molecule has 1 aromatic carbocycles. The van der Waals surface area contributed by atoms with Crippen LogP contribution in [-0.2, 0) is 9.53 Å². The topological polar surface area (TPSA) is 41.6 Å². The molecule has 0 atom stereocenters. The summed E-state index contributed by atoms with van der Waals surface area (Å²) in [6, 6.07) is 8.27. The highest BCUT2D eigenvalue weighted by molar-refractivity contribution is 5.98. The molecule has 4 nitrogen and oxygen atoms in total. The van der Waals surface area contributed by atoms with E-state index in [-0.39, 0.29) is 11.3 Å². The van der Waals surface area contributed by atoms with Gasteiger partial charge in [-0.2, -0.15) is 0 Å². The highest BCUT2D eigenvalue weighted by atomic mass is 16.5. The van der Waals surface area contributed by atoms with Gasteiger partial charge in [-0.3, -0.25) is 4.79 Å². The molecule has 0 aromatic heterocycles. The minimum atomic E-state index is -0.0904. The number of para-hydroxylation sites is 2. The largest absolute Gasteiger partial charge is 0.378 e. The van der Waals surface area contributed by atoms with Gasteiger partial charge < -0.3 is 15.0 Å². The molecule has 25 heavy (non-hydrogen) atoms. The van der Waals surface area contributed by atoms with Gasteiger partial charge in [0, 0.05) is 13.1 Å². The van der Waals surface area contributed by atoms with Crippen molar-refractivity contribution < 1.29 is 9.53 Å². The summed E-state index contributed by atoms with van der Waals surface area (Å²) in [6.45, 7) is 3.31. The summed E-state index contributed by atoms with van der Waals surface area (Å²) in [5.74, 6) is 2.68. The van der Waals surface area contributed by atoms with Crippen LogP contribution in [0.25, 0.3) is 0 Å². The van der Waals surface area contributed by atoms with Crippen molar-refractivity contribution in [3.05, 3.63) is 24.3 Å². The molecular formula is C21H28N2O2. The first-order valence-corrected chi connectivity index (χ1v) is 9.95. The second kappa shape index (κ2) is 6.01. The van der Waals surface area contributed by atoms with Crippen molar-refractivity contribution in [2.45, 2.75) is 38.5 Å². The van der Waals surface area contributed by atoms with Crippen LogP contribution < -0.4 is 10.2 Å². The van der Waals surface area contributed by atoms with Crippen LogP contribution in [-0.4, -0.2) is 32.2 Å². The van der Waals surface area contributed by atoms with Crippen LogP contribution in [0.2, 0.25) is 0 Å². The van der Waals surface area contributed by atoms with E-state index in [9.17, 15) is 4.79 Å². The predicted octanol–water partition coefficient (Wildman–Crippen LogP) is 3.68. The van der Waals surface area contributed by atoms with Gasteiger partial charge in [-0.25, -0.2) is 0 Å². The molecule has 1 aliphatic heterocycles. The van der Waals surface area contributed by atoms with E-state index in [1.54, 1.807) is 0 Å². The third-order valence-corrected chi connectivity index (χ3v) is 7.02. The summed E-state index contributed by atoms with van der Waals surface area (Å²) in [6.07, 6.45) is 7.46. The quantitative estimate of drug-likeness (QED) is 0.913. The summed E-state index contributed by atoms with van der Waals surface area (Å²) in [5.41, 5.74) is 2.03. The molecule has 4 aliphatic carbocycles. The molecule has 4 bridgehead atoms. The Morgan fingerprint density at radius 1 is 1.00 bits per heavy atom. The van der Waals surface area contributed by atoms with E-state index in [0.29, 0.717) is 0 Å². The first-order valence-electron chi connectivity index (χ1n) is 9.95.